The maximum absolute atomic E-state index is 10.9. The summed E-state index contributed by atoms with van der Waals surface area (Å²) in [5, 5.41) is 11.8. The summed E-state index contributed by atoms with van der Waals surface area (Å²) >= 11 is 0. The third-order valence-corrected chi connectivity index (χ3v) is 2.99. The molecule has 0 aromatic carbocycles. The van der Waals surface area contributed by atoms with Gasteiger partial charge < -0.3 is 15.2 Å². The predicted molar refractivity (Wildman–Crippen MR) is 52.9 cm³/mol. The molecule has 0 radical (unpaired) electrons. The minimum atomic E-state index is -0.382. The summed E-state index contributed by atoms with van der Waals surface area (Å²) in [4.78, 5) is 10.9. The van der Waals surface area contributed by atoms with E-state index in [-0.39, 0.29) is 12.7 Å². The molecule has 1 fully saturated rings. The van der Waals surface area contributed by atoms with E-state index in [4.69, 9.17) is 5.11 Å². The molecule has 0 aliphatic heterocycles. The Morgan fingerprint density at radius 2 is 2.07 bits per heavy atom. The van der Waals surface area contributed by atoms with Gasteiger partial charge >= 0.3 is 6.09 Å². The molecule has 4 heteroatoms. The average Bonchev–Trinajstić information content (AvgIpc) is 2.26. The Bertz CT molecular complexity index is 184. The molecule has 0 aromatic rings. The lowest BCUT2D eigenvalue weighted by atomic mass is 9.80. The van der Waals surface area contributed by atoms with E-state index in [9.17, 15) is 4.79 Å². The van der Waals surface area contributed by atoms with E-state index >= 15 is 0 Å². The number of carbonyl (C=O) groups excluding carboxylic acids is 1. The first-order chi connectivity index (χ1) is 6.77. The zero-order chi connectivity index (χ0) is 10.4. The van der Waals surface area contributed by atoms with E-state index in [1.165, 1.54) is 20.0 Å². The zero-order valence-electron chi connectivity index (χ0n) is 8.66. The highest BCUT2D eigenvalue weighted by molar-refractivity contribution is 5.66. The first kappa shape index (κ1) is 11.3. The van der Waals surface area contributed by atoms with Gasteiger partial charge in [-0.3, -0.25) is 0 Å². The quantitative estimate of drug-likeness (QED) is 0.720. The lowest BCUT2D eigenvalue weighted by molar-refractivity contribution is 0.126. The number of aliphatic hydroxyl groups excluding tert-OH is 1. The fourth-order valence-electron chi connectivity index (χ4n) is 2.08. The molecule has 1 amide bonds. The van der Waals surface area contributed by atoms with Crippen LogP contribution in [0.2, 0.25) is 0 Å². The van der Waals surface area contributed by atoms with E-state index in [1.54, 1.807) is 0 Å². The molecule has 82 valence electrons. The summed E-state index contributed by atoms with van der Waals surface area (Å²) in [6.45, 7) is 0.853. The van der Waals surface area contributed by atoms with Crippen molar-refractivity contribution in [3.05, 3.63) is 0 Å². The van der Waals surface area contributed by atoms with Crippen LogP contribution in [0.5, 0.6) is 0 Å². The third-order valence-electron chi connectivity index (χ3n) is 2.99. The Labute approximate surface area is 84.6 Å². The highest BCUT2D eigenvalue weighted by Crippen LogP contribution is 2.28. The van der Waals surface area contributed by atoms with Crippen molar-refractivity contribution in [3.63, 3.8) is 0 Å². The molecule has 0 bridgehead atoms. The van der Waals surface area contributed by atoms with Crippen LogP contribution in [0.15, 0.2) is 0 Å². The number of nitrogens with one attached hydrogen (secondary N) is 1. The number of methoxy groups -OCH3 is 1. The average molecular weight is 201 g/mol. The molecule has 1 saturated carbocycles. The highest BCUT2D eigenvalue weighted by Gasteiger charge is 2.24. The Morgan fingerprint density at radius 3 is 2.64 bits per heavy atom. The molecule has 1 aliphatic carbocycles. The van der Waals surface area contributed by atoms with Crippen molar-refractivity contribution in [1.82, 2.24) is 5.32 Å². The second-order valence-corrected chi connectivity index (χ2v) is 3.86. The molecule has 1 aliphatic rings. The topological polar surface area (TPSA) is 58.6 Å². The van der Waals surface area contributed by atoms with Gasteiger partial charge in [0.2, 0.25) is 0 Å². The van der Waals surface area contributed by atoms with Crippen molar-refractivity contribution in [2.24, 2.45) is 11.8 Å². The highest BCUT2D eigenvalue weighted by atomic mass is 16.5. The normalized spacial score (nSPS) is 27.0. The number of ether oxygens (including phenoxy) is 1. The van der Waals surface area contributed by atoms with Crippen LogP contribution >= 0.6 is 0 Å². The molecule has 0 saturated heterocycles. The maximum atomic E-state index is 10.9. The fraction of sp³-hybridized carbons (Fsp3) is 0.900. The molecule has 4 nitrogen and oxygen atoms in total. The van der Waals surface area contributed by atoms with Gasteiger partial charge in [-0.15, -0.1) is 0 Å². The molecule has 2 N–H and O–H groups in total. The lowest BCUT2D eigenvalue weighted by Gasteiger charge is -2.29. The number of alkyl carbamates (subject to hydrolysis) is 1. The molecule has 2 unspecified atom stereocenters. The molecule has 2 atom stereocenters. The largest absolute Gasteiger partial charge is 0.453 e. The predicted octanol–water partition coefficient (Wildman–Crippen LogP) is 1.14. The van der Waals surface area contributed by atoms with Crippen molar-refractivity contribution in [2.75, 3.05) is 20.3 Å². The van der Waals surface area contributed by atoms with Gasteiger partial charge in [-0.1, -0.05) is 12.8 Å². The SMILES string of the molecule is COC(=O)NCC1CCCCC1CO. The van der Waals surface area contributed by atoms with E-state index in [0.29, 0.717) is 18.4 Å². The summed E-state index contributed by atoms with van der Waals surface area (Å²) in [6, 6.07) is 0. The van der Waals surface area contributed by atoms with Crippen molar-refractivity contribution in [1.29, 1.82) is 0 Å². The fourth-order valence-corrected chi connectivity index (χ4v) is 2.08. The van der Waals surface area contributed by atoms with Crippen molar-refractivity contribution in [3.8, 4) is 0 Å². The van der Waals surface area contributed by atoms with Crippen LogP contribution in [-0.2, 0) is 4.74 Å². The minimum absolute atomic E-state index is 0.230. The van der Waals surface area contributed by atoms with Gasteiger partial charge in [0.25, 0.3) is 0 Å². The number of hydrogen-bond acceptors (Lipinski definition) is 3. The second-order valence-electron chi connectivity index (χ2n) is 3.86. The van der Waals surface area contributed by atoms with Crippen LogP contribution in [0.3, 0.4) is 0 Å². The summed E-state index contributed by atoms with van der Waals surface area (Å²) in [6.07, 6.45) is 4.18. The Balaban J connectivity index is 2.29. The van der Waals surface area contributed by atoms with Crippen LogP contribution in [0.4, 0.5) is 4.79 Å². The molecular weight excluding hydrogens is 182 g/mol. The molecular formula is C10H19NO3. The molecule has 14 heavy (non-hydrogen) atoms. The smallest absolute Gasteiger partial charge is 0.406 e. The van der Waals surface area contributed by atoms with E-state index in [0.717, 1.165) is 12.8 Å². The zero-order valence-corrected chi connectivity index (χ0v) is 8.66. The number of amides is 1. The van der Waals surface area contributed by atoms with Crippen molar-refractivity contribution < 1.29 is 14.6 Å². The van der Waals surface area contributed by atoms with Gasteiger partial charge in [-0.05, 0) is 24.7 Å². The Morgan fingerprint density at radius 1 is 1.43 bits per heavy atom. The van der Waals surface area contributed by atoms with Crippen LogP contribution in [-0.4, -0.2) is 31.5 Å². The van der Waals surface area contributed by atoms with E-state index in [2.05, 4.69) is 10.1 Å². The first-order valence-electron chi connectivity index (χ1n) is 5.20. The van der Waals surface area contributed by atoms with E-state index < -0.39 is 0 Å². The molecule has 0 spiro atoms. The number of rotatable bonds is 3. The van der Waals surface area contributed by atoms with E-state index in [1.807, 2.05) is 0 Å². The number of aliphatic hydroxyl groups is 1. The van der Waals surface area contributed by atoms with Crippen LogP contribution in [0.1, 0.15) is 25.7 Å². The summed E-state index contributed by atoms with van der Waals surface area (Å²) in [5.74, 6) is 0.758. The molecule has 1 rings (SSSR count). The number of hydrogen-bond donors (Lipinski definition) is 2. The summed E-state index contributed by atoms with van der Waals surface area (Å²) in [7, 11) is 1.36. The van der Waals surface area contributed by atoms with Gasteiger partial charge in [0.1, 0.15) is 0 Å². The Kier molecular flexibility index (Phi) is 4.73. The van der Waals surface area contributed by atoms with Gasteiger partial charge in [-0.2, -0.15) is 0 Å². The lowest BCUT2D eigenvalue weighted by Crippen LogP contribution is -2.35. The maximum Gasteiger partial charge on any atom is 0.406 e. The summed E-state index contributed by atoms with van der Waals surface area (Å²) in [5.41, 5.74) is 0. The molecule has 0 heterocycles. The van der Waals surface area contributed by atoms with Gasteiger partial charge in [0.05, 0.1) is 7.11 Å². The second kappa shape index (κ2) is 5.86. The first-order valence-corrected chi connectivity index (χ1v) is 5.20. The van der Waals surface area contributed by atoms with Crippen LogP contribution in [0, 0.1) is 11.8 Å². The van der Waals surface area contributed by atoms with Crippen LogP contribution < -0.4 is 5.32 Å². The standard InChI is InChI=1S/C10H19NO3/c1-14-10(13)11-6-8-4-2-3-5-9(8)7-12/h8-9,12H,2-7H2,1H3,(H,11,13). The molecule has 0 aromatic heterocycles. The minimum Gasteiger partial charge on any atom is -0.453 e. The van der Waals surface area contributed by atoms with Gasteiger partial charge in [-0.25, -0.2) is 4.79 Å². The Hall–Kier alpha value is -0.770. The van der Waals surface area contributed by atoms with Gasteiger partial charge in [0, 0.05) is 13.2 Å². The third kappa shape index (κ3) is 3.18. The van der Waals surface area contributed by atoms with Crippen molar-refractivity contribution >= 4 is 6.09 Å². The number of carbonyl (C=O) groups is 1. The van der Waals surface area contributed by atoms with Crippen molar-refractivity contribution in [2.45, 2.75) is 25.7 Å². The summed E-state index contributed by atoms with van der Waals surface area (Å²) < 4.78 is 4.50. The van der Waals surface area contributed by atoms with Gasteiger partial charge in [0.15, 0.2) is 0 Å². The van der Waals surface area contributed by atoms with Crippen LogP contribution in [0.25, 0.3) is 0 Å². The monoisotopic (exact) mass is 201 g/mol.